The van der Waals surface area contributed by atoms with Gasteiger partial charge in [0.05, 0.1) is 12.0 Å². The van der Waals surface area contributed by atoms with Gasteiger partial charge in [0, 0.05) is 20.1 Å². The molecule has 2 heterocycles. The van der Waals surface area contributed by atoms with Gasteiger partial charge in [-0.05, 0) is 36.8 Å². The Kier molecular flexibility index (Phi) is 5.72. The fraction of sp³-hybridized carbons (Fsp3) is 0.278. The second kappa shape index (κ2) is 8.18. The van der Waals surface area contributed by atoms with Crippen molar-refractivity contribution in [3.8, 4) is 11.6 Å². The number of carbonyl (C=O) groups excluding carboxylic acids is 1. The summed E-state index contributed by atoms with van der Waals surface area (Å²) in [5, 5.41) is 9.01. The normalized spacial score (nSPS) is 10.9. The highest BCUT2D eigenvalue weighted by molar-refractivity contribution is 7.99. The average molecular weight is 374 g/mol. The second-order valence-electron chi connectivity index (χ2n) is 5.69. The molecule has 0 aliphatic heterocycles. The molecule has 0 fully saturated rings. The van der Waals surface area contributed by atoms with Crippen LogP contribution in [0.5, 0.6) is 0 Å². The lowest BCUT2D eigenvalue weighted by Gasteiger charge is -2.17. The van der Waals surface area contributed by atoms with Crippen molar-refractivity contribution in [2.45, 2.75) is 25.2 Å². The predicted octanol–water partition coefficient (Wildman–Crippen LogP) is 3.45. The Bertz CT molecular complexity index is 862. The topological polar surface area (TPSA) is 64.2 Å². The Morgan fingerprint density at radius 2 is 2.04 bits per heavy atom. The lowest BCUT2D eigenvalue weighted by atomic mass is 10.2. The van der Waals surface area contributed by atoms with Crippen LogP contribution >= 0.6 is 11.8 Å². The maximum atomic E-state index is 13.0. The number of aromatic nitrogens is 3. The predicted molar refractivity (Wildman–Crippen MR) is 97.0 cm³/mol. The number of hydrogen-bond donors (Lipinski definition) is 0. The zero-order valence-electron chi connectivity index (χ0n) is 14.6. The lowest BCUT2D eigenvalue weighted by Crippen LogP contribution is -2.27. The molecule has 0 saturated heterocycles. The molecule has 0 N–H and O–H groups in total. The Morgan fingerprint density at radius 1 is 1.27 bits per heavy atom. The van der Waals surface area contributed by atoms with Crippen molar-refractivity contribution < 1.29 is 13.6 Å². The van der Waals surface area contributed by atoms with E-state index < -0.39 is 0 Å². The first-order chi connectivity index (χ1) is 12.6. The molecular formula is C18H19FN4O2S. The SMILES string of the molecule is CCn1c(SCC(=O)N(C)Cc2ccc(F)cc2)nnc1-c1ccco1. The molecule has 3 aromatic rings. The van der Waals surface area contributed by atoms with Crippen molar-refractivity contribution in [2.24, 2.45) is 0 Å². The van der Waals surface area contributed by atoms with Crippen LogP contribution in [-0.2, 0) is 17.9 Å². The zero-order chi connectivity index (χ0) is 18.5. The van der Waals surface area contributed by atoms with Gasteiger partial charge >= 0.3 is 0 Å². The van der Waals surface area contributed by atoms with Gasteiger partial charge in [0.1, 0.15) is 5.82 Å². The molecular weight excluding hydrogens is 355 g/mol. The monoisotopic (exact) mass is 374 g/mol. The Morgan fingerprint density at radius 3 is 2.69 bits per heavy atom. The fourth-order valence-corrected chi connectivity index (χ4v) is 3.40. The smallest absolute Gasteiger partial charge is 0.233 e. The molecule has 1 aromatic carbocycles. The molecule has 0 atom stereocenters. The van der Waals surface area contributed by atoms with Crippen LogP contribution in [0.3, 0.4) is 0 Å². The molecule has 3 rings (SSSR count). The van der Waals surface area contributed by atoms with Gasteiger partial charge < -0.3 is 9.32 Å². The van der Waals surface area contributed by atoms with Gasteiger partial charge in [-0.25, -0.2) is 4.39 Å². The Labute approximate surface area is 155 Å². The van der Waals surface area contributed by atoms with Gasteiger partial charge in [0.15, 0.2) is 16.7 Å². The maximum absolute atomic E-state index is 13.0. The highest BCUT2D eigenvalue weighted by Gasteiger charge is 2.17. The molecule has 8 heteroatoms. The number of rotatable bonds is 7. The zero-order valence-corrected chi connectivity index (χ0v) is 15.4. The molecule has 0 spiro atoms. The highest BCUT2D eigenvalue weighted by Crippen LogP contribution is 2.24. The third-order valence-electron chi connectivity index (χ3n) is 3.86. The standard InChI is InChI=1S/C18H19FN4O2S/c1-3-23-17(15-5-4-10-25-15)20-21-18(23)26-12-16(24)22(2)11-13-6-8-14(19)9-7-13/h4-10H,3,11-12H2,1-2H3. The summed E-state index contributed by atoms with van der Waals surface area (Å²) >= 11 is 1.34. The van der Waals surface area contributed by atoms with Crippen molar-refractivity contribution in [3.05, 3.63) is 54.0 Å². The van der Waals surface area contributed by atoms with Gasteiger partial charge in [-0.3, -0.25) is 9.36 Å². The third-order valence-corrected chi connectivity index (χ3v) is 4.81. The number of benzene rings is 1. The Hall–Kier alpha value is -2.61. The van der Waals surface area contributed by atoms with E-state index in [4.69, 9.17) is 4.42 Å². The third kappa shape index (κ3) is 4.13. The molecule has 0 aliphatic carbocycles. The van der Waals surface area contributed by atoms with Crippen LogP contribution in [0.1, 0.15) is 12.5 Å². The van der Waals surface area contributed by atoms with Crippen molar-refractivity contribution in [1.29, 1.82) is 0 Å². The van der Waals surface area contributed by atoms with Gasteiger partial charge in [0.25, 0.3) is 0 Å². The minimum atomic E-state index is -0.287. The van der Waals surface area contributed by atoms with Crippen LogP contribution in [0.25, 0.3) is 11.6 Å². The molecule has 136 valence electrons. The van der Waals surface area contributed by atoms with E-state index in [1.54, 1.807) is 36.4 Å². The molecule has 0 bridgehead atoms. The van der Waals surface area contributed by atoms with E-state index in [0.717, 1.165) is 5.56 Å². The first kappa shape index (κ1) is 18.2. The summed E-state index contributed by atoms with van der Waals surface area (Å²) in [6.45, 7) is 3.09. The van der Waals surface area contributed by atoms with Gasteiger partial charge in [-0.2, -0.15) is 0 Å². The summed E-state index contributed by atoms with van der Waals surface area (Å²) in [6.07, 6.45) is 1.59. The number of furan rings is 1. The molecule has 1 amide bonds. The average Bonchev–Trinajstić information content (AvgIpc) is 3.30. The summed E-state index contributed by atoms with van der Waals surface area (Å²) < 4.78 is 20.3. The first-order valence-electron chi connectivity index (χ1n) is 8.16. The van der Waals surface area contributed by atoms with Crippen LogP contribution in [0, 0.1) is 5.82 Å². The van der Waals surface area contributed by atoms with Crippen molar-refractivity contribution in [1.82, 2.24) is 19.7 Å². The van der Waals surface area contributed by atoms with E-state index >= 15 is 0 Å². The largest absolute Gasteiger partial charge is 0.461 e. The summed E-state index contributed by atoms with van der Waals surface area (Å²) in [6, 6.07) is 9.76. The minimum absolute atomic E-state index is 0.0375. The van der Waals surface area contributed by atoms with Crippen molar-refractivity contribution in [3.63, 3.8) is 0 Å². The van der Waals surface area contributed by atoms with Gasteiger partial charge in [0.2, 0.25) is 5.91 Å². The van der Waals surface area contributed by atoms with E-state index in [-0.39, 0.29) is 17.5 Å². The lowest BCUT2D eigenvalue weighted by molar-refractivity contribution is -0.127. The van der Waals surface area contributed by atoms with E-state index in [2.05, 4.69) is 10.2 Å². The second-order valence-corrected chi connectivity index (χ2v) is 6.64. The van der Waals surface area contributed by atoms with Gasteiger partial charge in [-0.1, -0.05) is 23.9 Å². The molecule has 6 nitrogen and oxygen atoms in total. The van der Waals surface area contributed by atoms with E-state index in [0.29, 0.717) is 29.8 Å². The fourth-order valence-electron chi connectivity index (χ4n) is 2.46. The summed E-state index contributed by atoms with van der Waals surface area (Å²) in [4.78, 5) is 14.0. The van der Waals surface area contributed by atoms with Crippen LogP contribution in [0.4, 0.5) is 4.39 Å². The number of hydrogen-bond acceptors (Lipinski definition) is 5. The van der Waals surface area contributed by atoms with Crippen LogP contribution in [0.2, 0.25) is 0 Å². The number of thioether (sulfide) groups is 1. The highest BCUT2D eigenvalue weighted by atomic mass is 32.2. The van der Waals surface area contributed by atoms with Gasteiger partial charge in [-0.15, -0.1) is 10.2 Å². The minimum Gasteiger partial charge on any atom is -0.461 e. The number of amides is 1. The molecule has 2 aromatic heterocycles. The number of nitrogens with zero attached hydrogens (tertiary/aromatic N) is 4. The molecule has 26 heavy (non-hydrogen) atoms. The first-order valence-corrected chi connectivity index (χ1v) is 9.15. The molecule has 0 radical (unpaired) electrons. The molecule has 0 saturated carbocycles. The van der Waals surface area contributed by atoms with E-state index in [1.165, 1.54) is 23.9 Å². The summed E-state index contributed by atoms with van der Waals surface area (Å²) in [5.41, 5.74) is 0.879. The van der Waals surface area contributed by atoms with E-state index in [1.807, 2.05) is 17.6 Å². The maximum Gasteiger partial charge on any atom is 0.233 e. The van der Waals surface area contributed by atoms with Crippen LogP contribution in [-0.4, -0.2) is 38.4 Å². The summed E-state index contributed by atoms with van der Waals surface area (Å²) in [5.74, 6) is 1.21. The van der Waals surface area contributed by atoms with Crippen LogP contribution in [0.15, 0.2) is 52.2 Å². The number of halogens is 1. The van der Waals surface area contributed by atoms with Crippen LogP contribution < -0.4 is 0 Å². The summed E-state index contributed by atoms with van der Waals surface area (Å²) in [7, 11) is 1.73. The molecule has 0 aliphatic rings. The molecule has 0 unspecified atom stereocenters. The Balaban J connectivity index is 1.61. The van der Waals surface area contributed by atoms with Crippen molar-refractivity contribution in [2.75, 3.05) is 12.8 Å². The quantitative estimate of drug-likeness (QED) is 0.593. The van der Waals surface area contributed by atoms with E-state index in [9.17, 15) is 9.18 Å². The number of carbonyl (C=O) groups is 1. The van der Waals surface area contributed by atoms with Crippen molar-refractivity contribution >= 4 is 17.7 Å².